The summed E-state index contributed by atoms with van der Waals surface area (Å²) in [6, 6.07) is 6.07. The van der Waals surface area contributed by atoms with E-state index in [1.807, 2.05) is 0 Å². The molecule has 366 valence electrons. The number of unbranched alkanes of at least 4 members (excludes halogenated alkanes) is 3. The van der Waals surface area contributed by atoms with E-state index in [1.54, 1.807) is 14.1 Å². The van der Waals surface area contributed by atoms with Gasteiger partial charge in [-0.25, -0.2) is 4.98 Å². The Morgan fingerprint density at radius 2 is 1.22 bits per heavy atom. The number of aromatic nitrogens is 4. The molecule has 0 unspecified atom stereocenters. The third-order valence-corrected chi connectivity index (χ3v) is 13.8. The smallest absolute Gasteiger partial charge is 0.244 e. The van der Waals surface area contributed by atoms with Crippen molar-refractivity contribution in [3.05, 3.63) is 69.3 Å². The molecule has 3 aromatic rings. The van der Waals surface area contributed by atoms with Crippen molar-refractivity contribution in [1.29, 1.82) is 0 Å². The third kappa shape index (κ3) is 13.0. The summed E-state index contributed by atoms with van der Waals surface area (Å²) in [5, 5.41) is 8.88. The Morgan fingerprint density at radius 1 is 0.672 bits per heavy atom. The van der Waals surface area contributed by atoms with Crippen molar-refractivity contribution in [2.24, 2.45) is 17.2 Å². The van der Waals surface area contributed by atoms with E-state index in [9.17, 15) is 19.2 Å². The van der Waals surface area contributed by atoms with Gasteiger partial charge in [0.1, 0.15) is 18.1 Å². The molecule has 15 heteroatoms. The number of allylic oxidation sites excluding steroid dienone is 2. The number of carbonyl (C=O) groups excluding carboxylic acids is 4. The fourth-order valence-corrected chi connectivity index (χ4v) is 9.58. The predicted molar refractivity (Wildman–Crippen MR) is 271 cm³/mol. The number of aryl methyl sites for hydroxylation is 4. The molecule has 67 heavy (non-hydrogen) atoms. The van der Waals surface area contributed by atoms with Gasteiger partial charge in [-0.15, -0.1) is 0 Å². The van der Waals surface area contributed by atoms with Crippen LogP contribution in [0.3, 0.4) is 0 Å². The Kier molecular flexibility index (Phi) is 19.3. The highest BCUT2D eigenvalue weighted by molar-refractivity contribution is 5.95. The second-order valence-electron chi connectivity index (χ2n) is 18.8. The van der Waals surface area contributed by atoms with Crippen LogP contribution in [0.4, 0.5) is 0 Å². The van der Waals surface area contributed by atoms with Crippen molar-refractivity contribution in [2.75, 3.05) is 33.7 Å². The van der Waals surface area contributed by atoms with Crippen LogP contribution >= 0.6 is 0 Å². The third-order valence-electron chi connectivity index (χ3n) is 13.8. The molecule has 5 rings (SSSR count). The standard InChI is InChI=1S/C52H79N11O4/c1-10-35-32(5)44-29-47-36(11-2)31(4)43(57-47)28-45-33(6)37(49(60-45)34(7)42-26-30(3)41(56-42)27-46(35)58-44)21-22-48(64)59-38(18-12-15-23-53)50(65)61-39(19-13-16-24-54)51(66)62-40(20-14-17-25-55)52(67)63(8)9/h26-29,33,37-40,56-57H,10-25,53-55H2,1-9H3,(H,59,64)(H,61,65)(H,62,66)/t33-,37-,38-,39-,40-/m0/s1. The predicted octanol–water partition coefficient (Wildman–Crippen LogP) is 6.74. The average Bonchev–Trinajstić information content (AvgIpc) is 4.01. The Labute approximate surface area is 397 Å². The molecular formula is C52H79N11O4. The molecule has 4 amide bonds. The highest BCUT2D eigenvalue weighted by Crippen LogP contribution is 2.42. The zero-order chi connectivity index (χ0) is 48.9. The van der Waals surface area contributed by atoms with Crippen molar-refractivity contribution < 1.29 is 19.2 Å². The highest BCUT2D eigenvalue weighted by Gasteiger charge is 2.33. The summed E-state index contributed by atoms with van der Waals surface area (Å²) < 4.78 is 0. The maximum Gasteiger partial charge on any atom is 0.244 e. The first-order valence-electron chi connectivity index (χ1n) is 24.7. The van der Waals surface area contributed by atoms with E-state index in [2.05, 4.69) is 98.6 Å². The second kappa shape index (κ2) is 24.6. The molecule has 15 nitrogen and oxygen atoms in total. The first-order valence-corrected chi connectivity index (χ1v) is 24.7. The van der Waals surface area contributed by atoms with E-state index >= 15 is 0 Å². The number of nitrogens with two attached hydrogens (primary N) is 3. The van der Waals surface area contributed by atoms with E-state index in [0.717, 1.165) is 68.8 Å². The van der Waals surface area contributed by atoms with Gasteiger partial charge in [-0.3, -0.25) is 24.2 Å². The summed E-state index contributed by atoms with van der Waals surface area (Å²) >= 11 is 0. The van der Waals surface area contributed by atoms with Gasteiger partial charge in [-0.1, -0.05) is 20.8 Å². The van der Waals surface area contributed by atoms with Gasteiger partial charge >= 0.3 is 0 Å². The number of likely N-dealkylation sites (N-methyl/N-ethyl adjacent to an activating group) is 1. The molecular weight excluding hydrogens is 843 g/mol. The number of carbonyl (C=O) groups is 4. The minimum atomic E-state index is -0.934. The molecule has 0 spiro atoms. The number of hydrogen-bond donors (Lipinski definition) is 8. The summed E-state index contributed by atoms with van der Waals surface area (Å²) in [4.78, 5) is 74.6. The SMILES string of the molecule is CCC1=C(C)c2cc3[nH]c(cc4nc(c(C)c5cc(C)c(cc1n2)[nH]5)[C@@H](CCC(=O)N[C@@H](CCCCN)C(=O)N[C@@H](CCCCN)C(=O)N[C@@H](CCCCN)C(=O)N(C)C)[C@@H]4C)c(C)c3CC. The number of aromatic amines is 2. The zero-order valence-electron chi connectivity index (χ0n) is 41.7. The lowest BCUT2D eigenvalue weighted by atomic mass is 9.86. The molecule has 0 aromatic carbocycles. The summed E-state index contributed by atoms with van der Waals surface area (Å²) in [6.45, 7) is 16.4. The van der Waals surface area contributed by atoms with Crippen LogP contribution in [0.15, 0.2) is 24.3 Å². The number of nitrogens with zero attached hydrogens (tertiary/aromatic N) is 3. The molecule has 0 fully saturated rings. The van der Waals surface area contributed by atoms with Crippen molar-refractivity contribution >= 4 is 56.8 Å². The maximum atomic E-state index is 14.2. The first-order chi connectivity index (χ1) is 32.1. The first kappa shape index (κ1) is 52.6. The lowest BCUT2D eigenvalue weighted by molar-refractivity contribution is -0.136. The summed E-state index contributed by atoms with van der Waals surface area (Å²) in [5.74, 6) is -1.52. The number of H-pyrrole nitrogens is 2. The van der Waals surface area contributed by atoms with E-state index in [-0.39, 0.29) is 30.1 Å². The van der Waals surface area contributed by atoms with Crippen molar-refractivity contribution in [2.45, 2.75) is 162 Å². The molecule has 8 bridgehead atoms. The number of amides is 4. The topological polar surface area (TPSA) is 243 Å². The van der Waals surface area contributed by atoms with Gasteiger partial charge in [0.15, 0.2) is 0 Å². The van der Waals surface area contributed by atoms with Crippen molar-refractivity contribution in [3.63, 3.8) is 0 Å². The van der Waals surface area contributed by atoms with Crippen LogP contribution in [-0.2, 0) is 25.6 Å². The fourth-order valence-electron chi connectivity index (χ4n) is 9.58. The molecule has 2 aliphatic rings. The number of hydrogen-bond acceptors (Lipinski definition) is 9. The number of fused-ring (bicyclic) bond motifs is 8. The molecule has 0 saturated carbocycles. The second-order valence-corrected chi connectivity index (χ2v) is 18.8. The van der Waals surface area contributed by atoms with Gasteiger partial charge in [-0.2, -0.15) is 0 Å². The van der Waals surface area contributed by atoms with Crippen LogP contribution in [0.25, 0.3) is 33.2 Å². The van der Waals surface area contributed by atoms with Gasteiger partial charge in [0.2, 0.25) is 23.6 Å². The Hall–Kier alpha value is -5.38. The molecule has 5 heterocycles. The van der Waals surface area contributed by atoms with Gasteiger partial charge < -0.3 is 48.0 Å². The average molecular weight is 922 g/mol. The van der Waals surface area contributed by atoms with Crippen LogP contribution in [0.2, 0.25) is 0 Å². The molecule has 0 aliphatic carbocycles. The van der Waals surface area contributed by atoms with Crippen molar-refractivity contribution in [1.82, 2.24) is 40.8 Å². The highest BCUT2D eigenvalue weighted by atomic mass is 16.2. The Balaban J connectivity index is 1.45. The van der Waals surface area contributed by atoms with E-state index in [1.165, 1.54) is 27.2 Å². The van der Waals surface area contributed by atoms with Gasteiger partial charge in [0.05, 0.1) is 11.4 Å². The van der Waals surface area contributed by atoms with Gasteiger partial charge in [0, 0.05) is 65.8 Å². The molecule has 0 saturated heterocycles. The molecule has 2 aliphatic heterocycles. The van der Waals surface area contributed by atoms with Crippen LogP contribution in [0.1, 0.15) is 162 Å². The quantitative estimate of drug-likeness (QED) is 0.0469. The monoisotopic (exact) mass is 922 g/mol. The van der Waals surface area contributed by atoms with Crippen LogP contribution < -0.4 is 33.2 Å². The normalized spacial score (nSPS) is 16.1. The van der Waals surface area contributed by atoms with Crippen LogP contribution in [0, 0.1) is 20.8 Å². The number of rotatable bonds is 23. The van der Waals surface area contributed by atoms with E-state index in [0.29, 0.717) is 83.8 Å². The van der Waals surface area contributed by atoms with Crippen LogP contribution in [0.5, 0.6) is 0 Å². The van der Waals surface area contributed by atoms with Gasteiger partial charge in [0.25, 0.3) is 0 Å². The molecule has 5 atom stereocenters. The largest absolute Gasteiger partial charge is 0.355 e. The van der Waals surface area contributed by atoms with E-state index in [4.69, 9.17) is 27.2 Å². The minimum absolute atomic E-state index is 0.0149. The lowest BCUT2D eigenvalue weighted by Crippen LogP contribution is -2.56. The zero-order valence-corrected chi connectivity index (χ0v) is 41.7. The summed E-state index contributed by atoms with van der Waals surface area (Å²) in [7, 11) is 3.29. The molecule has 11 N–H and O–H groups in total. The minimum Gasteiger partial charge on any atom is -0.355 e. The Morgan fingerprint density at radius 3 is 1.81 bits per heavy atom. The summed E-state index contributed by atoms with van der Waals surface area (Å²) in [6.07, 6.45) is 7.35. The summed E-state index contributed by atoms with van der Waals surface area (Å²) in [5.41, 5.74) is 32.1. The molecule has 0 radical (unpaired) electrons. The van der Waals surface area contributed by atoms with E-state index < -0.39 is 29.9 Å². The van der Waals surface area contributed by atoms with Gasteiger partial charge in [-0.05, 0) is 182 Å². The molecule has 3 aromatic heterocycles. The fraction of sp³-hybridized carbons (Fsp3) is 0.577. The van der Waals surface area contributed by atoms with Crippen molar-refractivity contribution in [3.8, 4) is 0 Å². The maximum absolute atomic E-state index is 14.2. The lowest BCUT2D eigenvalue weighted by Gasteiger charge is -2.27. The Bertz CT molecular complexity index is 2430. The number of nitrogens with one attached hydrogen (secondary N) is 5. The van der Waals surface area contributed by atoms with Crippen LogP contribution in [-0.4, -0.2) is 100 Å².